The topological polar surface area (TPSA) is 32.8 Å². The zero-order valence-corrected chi connectivity index (χ0v) is 15.0. The largest absolute Gasteiger partial charge is 0.372 e. The van der Waals surface area contributed by atoms with Gasteiger partial charge in [0.2, 0.25) is 5.91 Å². The van der Waals surface area contributed by atoms with E-state index in [1.165, 1.54) is 5.56 Å². The third-order valence-corrected chi connectivity index (χ3v) is 5.15. The SMILES string of the molecule is C[C@@H]1CN(C(=O)[C@@H]2CCCN(CCc3ccccc3)C2)C[C@H](C)O1. The first-order chi connectivity index (χ1) is 11.6. The Bertz CT molecular complexity index is 524. The Kier molecular flexibility index (Phi) is 5.90. The molecule has 0 bridgehead atoms. The van der Waals surface area contributed by atoms with Crippen LogP contribution in [0.4, 0.5) is 0 Å². The molecule has 0 unspecified atom stereocenters. The van der Waals surface area contributed by atoms with Gasteiger partial charge >= 0.3 is 0 Å². The molecule has 1 amide bonds. The van der Waals surface area contributed by atoms with Crippen molar-refractivity contribution >= 4 is 5.91 Å². The van der Waals surface area contributed by atoms with E-state index in [2.05, 4.69) is 49.1 Å². The van der Waals surface area contributed by atoms with Gasteiger partial charge in [-0.3, -0.25) is 4.79 Å². The summed E-state index contributed by atoms with van der Waals surface area (Å²) in [5, 5.41) is 0. The molecule has 3 rings (SSSR count). The zero-order valence-electron chi connectivity index (χ0n) is 15.0. The molecular formula is C20H30N2O2. The van der Waals surface area contributed by atoms with Gasteiger partial charge in [-0.05, 0) is 45.2 Å². The van der Waals surface area contributed by atoms with Crippen LogP contribution >= 0.6 is 0 Å². The second kappa shape index (κ2) is 8.13. The number of carbonyl (C=O) groups excluding carboxylic acids is 1. The van der Waals surface area contributed by atoms with E-state index < -0.39 is 0 Å². The highest BCUT2D eigenvalue weighted by Crippen LogP contribution is 2.21. The summed E-state index contributed by atoms with van der Waals surface area (Å²) in [7, 11) is 0. The Balaban J connectivity index is 1.52. The lowest BCUT2D eigenvalue weighted by Gasteiger charge is -2.39. The minimum absolute atomic E-state index is 0.149. The van der Waals surface area contributed by atoms with E-state index in [9.17, 15) is 4.79 Å². The molecule has 2 aliphatic rings. The first kappa shape index (κ1) is 17.4. The van der Waals surface area contributed by atoms with Crippen molar-refractivity contribution in [2.75, 3.05) is 32.7 Å². The number of amides is 1. The lowest BCUT2D eigenvalue weighted by molar-refractivity contribution is -0.149. The van der Waals surface area contributed by atoms with Crippen molar-refractivity contribution in [3.8, 4) is 0 Å². The fourth-order valence-corrected chi connectivity index (χ4v) is 4.01. The Morgan fingerprint density at radius 1 is 1.12 bits per heavy atom. The molecule has 0 aromatic heterocycles. The van der Waals surface area contributed by atoms with Crippen LogP contribution in [0.5, 0.6) is 0 Å². The van der Waals surface area contributed by atoms with Crippen LogP contribution in [0.2, 0.25) is 0 Å². The van der Waals surface area contributed by atoms with E-state index in [0.29, 0.717) is 5.91 Å². The first-order valence-corrected chi connectivity index (χ1v) is 9.32. The highest BCUT2D eigenvalue weighted by molar-refractivity contribution is 5.79. The zero-order chi connectivity index (χ0) is 16.9. The molecule has 3 atom stereocenters. The Hall–Kier alpha value is -1.39. The van der Waals surface area contributed by atoms with Crippen LogP contribution in [0.15, 0.2) is 30.3 Å². The first-order valence-electron chi connectivity index (χ1n) is 9.32. The fraction of sp³-hybridized carbons (Fsp3) is 0.650. The molecule has 0 spiro atoms. The molecule has 4 nitrogen and oxygen atoms in total. The van der Waals surface area contributed by atoms with Gasteiger partial charge in [0.05, 0.1) is 18.1 Å². The van der Waals surface area contributed by atoms with Crippen molar-refractivity contribution in [1.29, 1.82) is 0 Å². The standard InChI is InChI=1S/C20H30N2O2/c1-16-13-22(14-17(2)24-16)20(23)19-9-6-11-21(15-19)12-10-18-7-4-3-5-8-18/h3-5,7-8,16-17,19H,6,9-15H2,1-2H3/t16-,17+,19-/m1/s1. The predicted octanol–water partition coefficient (Wildman–Crippen LogP) is 2.58. The minimum Gasteiger partial charge on any atom is -0.372 e. The second-order valence-electron chi connectivity index (χ2n) is 7.38. The summed E-state index contributed by atoms with van der Waals surface area (Å²) in [5.41, 5.74) is 1.38. The quantitative estimate of drug-likeness (QED) is 0.851. The molecule has 2 aliphatic heterocycles. The molecule has 2 fully saturated rings. The number of hydrogen-bond donors (Lipinski definition) is 0. The van der Waals surface area contributed by atoms with Crippen molar-refractivity contribution in [3.63, 3.8) is 0 Å². The van der Waals surface area contributed by atoms with Crippen LogP contribution < -0.4 is 0 Å². The number of morpholine rings is 1. The number of benzene rings is 1. The average Bonchev–Trinajstić information content (AvgIpc) is 2.59. The van der Waals surface area contributed by atoms with Gasteiger partial charge in [-0.2, -0.15) is 0 Å². The summed E-state index contributed by atoms with van der Waals surface area (Å²) < 4.78 is 5.76. The summed E-state index contributed by atoms with van der Waals surface area (Å²) in [6.07, 6.45) is 3.51. The summed E-state index contributed by atoms with van der Waals surface area (Å²) in [6.45, 7) is 8.67. The van der Waals surface area contributed by atoms with E-state index in [1.54, 1.807) is 0 Å². The summed E-state index contributed by atoms with van der Waals surface area (Å²) >= 11 is 0. The van der Waals surface area contributed by atoms with Gasteiger partial charge in [0, 0.05) is 26.2 Å². The van der Waals surface area contributed by atoms with Gasteiger partial charge in [0.15, 0.2) is 0 Å². The molecule has 24 heavy (non-hydrogen) atoms. The second-order valence-corrected chi connectivity index (χ2v) is 7.38. The van der Waals surface area contributed by atoms with Crippen molar-refractivity contribution in [3.05, 3.63) is 35.9 Å². The van der Waals surface area contributed by atoms with E-state index >= 15 is 0 Å². The van der Waals surface area contributed by atoms with E-state index in [-0.39, 0.29) is 18.1 Å². The van der Waals surface area contributed by atoms with E-state index in [4.69, 9.17) is 4.74 Å². The molecule has 1 aromatic carbocycles. The maximum atomic E-state index is 12.9. The molecule has 4 heteroatoms. The maximum absolute atomic E-state index is 12.9. The Morgan fingerprint density at radius 2 is 1.83 bits per heavy atom. The summed E-state index contributed by atoms with van der Waals surface area (Å²) in [5.74, 6) is 0.494. The van der Waals surface area contributed by atoms with Crippen molar-refractivity contribution < 1.29 is 9.53 Å². The normalized spacial score (nSPS) is 28.8. The molecule has 0 aliphatic carbocycles. The fourth-order valence-electron chi connectivity index (χ4n) is 4.01. The van der Waals surface area contributed by atoms with Crippen LogP contribution in [0.25, 0.3) is 0 Å². The van der Waals surface area contributed by atoms with Crippen LogP contribution in [-0.2, 0) is 16.0 Å². The highest BCUT2D eigenvalue weighted by atomic mass is 16.5. The van der Waals surface area contributed by atoms with Gasteiger partial charge < -0.3 is 14.5 Å². The molecule has 1 aromatic rings. The van der Waals surface area contributed by atoms with Gasteiger partial charge in [-0.25, -0.2) is 0 Å². The van der Waals surface area contributed by atoms with Gasteiger partial charge in [0.1, 0.15) is 0 Å². The van der Waals surface area contributed by atoms with Crippen LogP contribution in [0, 0.1) is 5.92 Å². The third kappa shape index (κ3) is 4.58. The summed E-state index contributed by atoms with van der Waals surface area (Å²) in [4.78, 5) is 17.4. The Morgan fingerprint density at radius 3 is 2.54 bits per heavy atom. The number of piperidine rings is 1. The number of nitrogens with zero attached hydrogens (tertiary/aromatic N) is 2. The van der Waals surface area contributed by atoms with Crippen LogP contribution in [0.3, 0.4) is 0 Å². The van der Waals surface area contributed by atoms with Crippen LogP contribution in [0.1, 0.15) is 32.3 Å². The lowest BCUT2D eigenvalue weighted by atomic mass is 9.95. The molecule has 0 N–H and O–H groups in total. The van der Waals surface area contributed by atoms with E-state index in [0.717, 1.165) is 52.0 Å². The lowest BCUT2D eigenvalue weighted by Crippen LogP contribution is -2.52. The van der Waals surface area contributed by atoms with Crippen molar-refractivity contribution in [1.82, 2.24) is 9.80 Å². The molecule has 2 saturated heterocycles. The number of likely N-dealkylation sites (tertiary alicyclic amines) is 1. The van der Waals surface area contributed by atoms with Crippen molar-refractivity contribution in [2.24, 2.45) is 5.92 Å². The smallest absolute Gasteiger partial charge is 0.227 e. The van der Waals surface area contributed by atoms with Gasteiger partial charge in [-0.1, -0.05) is 30.3 Å². The van der Waals surface area contributed by atoms with E-state index in [1.807, 2.05) is 4.90 Å². The number of carbonyl (C=O) groups is 1. The minimum atomic E-state index is 0.149. The summed E-state index contributed by atoms with van der Waals surface area (Å²) in [6, 6.07) is 10.6. The predicted molar refractivity (Wildman–Crippen MR) is 95.9 cm³/mol. The molecule has 132 valence electrons. The average molecular weight is 330 g/mol. The number of hydrogen-bond acceptors (Lipinski definition) is 3. The maximum Gasteiger partial charge on any atom is 0.227 e. The molecule has 2 heterocycles. The number of rotatable bonds is 4. The monoisotopic (exact) mass is 330 g/mol. The van der Waals surface area contributed by atoms with Gasteiger partial charge in [0.25, 0.3) is 0 Å². The van der Waals surface area contributed by atoms with Gasteiger partial charge in [-0.15, -0.1) is 0 Å². The van der Waals surface area contributed by atoms with Crippen LogP contribution in [-0.4, -0.2) is 60.6 Å². The number of ether oxygens (including phenoxy) is 1. The highest BCUT2D eigenvalue weighted by Gasteiger charge is 2.32. The van der Waals surface area contributed by atoms with Crippen molar-refractivity contribution in [2.45, 2.75) is 45.3 Å². The molecular weight excluding hydrogens is 300 g/mol. The molecule has 0 radical (unpaired) electrons. The molecule has 0 saturated carbocycles. The third-order valence-electron chi connectivity index (χ3n) is 5.15. The Labute approximate surface area is 145 Å².